The fraction of sp³-hybridized carbons (Fsp3) is 0.600. The lowest BCUT2D eigenvalue weighted by molar-refractivity contribution is 0.619. The van der Waals surface area contributed by atoms with Gasteiger partial charge in [-0.1, -0.05) is 13.5 Å². The van der Waals surface area contributed by atoms with E-state index in [-0.39, 0.29) is 5.83 Å². The van der Waals surface area contributed by atoms with Crippen molar-refractivity contribution in [2.75, 3.05) is 0 Å². The van der Waals surface area contributed by atoms with Crippen LogP contribution in [0, 0.1) is 5.92 Å². The Labute approximate surface area is 67.8 Å². The Morgan fingerprint density at radius 3 is 2.45 bits per heavy atom. The molecule has 1 aliphatic carbocycles. The molecule has 0 aliphatic heterocycles. The molecule has 1 saturated carbocycles. The van der Waals surface area contributed by atoms with Crippen LogP contribution in [0.3, 0.4) is 0 Å². The highest BCUT2D eigenvalue weighted by molar-refractivity contribution is 5.31. The van der Waals surface area contributed by atoms with E-state index >= 15 is 0 Å². The van der Waals surface area contributed by atoms with Crippen LogP contribution >= 0.6 is 0 Å². The second-order valence-corrected chi connectivity index (χ2v) is 3.25. The quantitative estimate of drug-likeness (QED) is 0.545. The fourth-order valence-electron chi connectivity index (χ4n) is 1.04. The van der Waals surface area contributed by atoms with Crippen molar-refractivity contribution >= 4 is 0 Å². The summed E-state index contributed by atoms with van der Waals surface area (Å²) in [6.45, 7) is 7.56. The summed E-state index contributed by atoms with van der Waals surface area (Å²) >= 11 is 0. The van der Waals surface area contributed by atoms with Gasteiger partial charge in [-0.2, -0.15) is 0 Å². The average molecular weight is 154 g/mol. The summed E-state index contributed by atoms with van der Waals surface area (Å²) in [5, 5.41) is 0. The van der Waals surface area contributed by atoms with Crippen molar-refractivity contribution < 1.29 is 4.39 Å². The third-order valence-corrected chi connectivity index (χ3v) is 2.26. The second-order valence-electron chi connectivity index (χ2n) is 3.25. The van der Waals surface area contributed by atoms with Gasteiger partial charge in [0.15, 0.2) is 0 Å². The van der Waals surface area contributed by atoms with Gasteiger partial charge in [0.05, 0.1) is 0 Å². The van der Waals surface area contributed by atoms with Crippen molar-refractivity contribution in [3.63, 3.8) is 0 Å². The minimum atomic E-state index is -0.0463. The summed E-state index contributed by atoms with van der Waals surface area (Å²) in [5.74, 6) is 0.409. The highest BCUT2D eigenvalue weighted by atomic mass is 19.1. The highest BCUT2D eigenvalue weighted by Gasteiger charge is 2.27. The molecule has 0 aromatic heterocycles. The van der Waals surface area contributed by atoms with Crippen molar-refractivity contribution in [3.05, 3.63) is 23.6 Å². The van der Waals surface area contributed by atoms with E-state index in [1.165, 1.54) is 0 Å². The van der Waals surface area contributed by atoms with Gasteiger partial charge in [-0.05, 0) is 43.3 Å². The Bertz CT molecular complexity index is 197. The van der Waals surface area contributed by atoms with Crippen LogP contribution in [0.15, 0.2) is 23.6 Å². The zero-order valence-corrected chi connectivity index (χ0v) is 7.28. The molecule has 0 bridgehead atoms. The molecule has 0 spiro atoms. The van der Waals surface area contributed by atoms with E-state index in [1.807, 2.05) is 13.8 Å². The second kappa shape index (κ2) is 3.21. The van der Waals surface area contributed by atoms with Gasteiger partial charge in [0.2, 0.25) is 0 Å². The Kier molecular flexibility index (Phi) is 2.48. The molecular formula is C10H15F. The molecule has 1 fully saturated rings. The summed E-state index contributed by atoms with van der Waals surface area (Å²) in [7, 11) is 0. The smallest absolute Gasteiger partial charge is 0.124 e. The molecule has 0 atom stereocenters. The molecule has 11 heavy (non-hydrogen) atoms. The third-order valence-electron chi connectivity index (χ3n) is 2.26. The first kappa shape index (κ1) is 8.51. The Morgan fingerprint density at radius 2 is 2.09 bits per heavy atom. The monoisotopic (exact) mass is 154 g/mol. The maximum absolute atomic E-state index is 13.3. The molecular weight excluding hydrogens is 139 g/mol. The molecule has 0 aromatic carbocycles. The van der Waals surface area contributed by atoms with Gasteiger partial charge in [-0.3, -0.25) is 0 Å². The maximum atomic E-state index is 13.3. The number of allylic oxidation sites excluding steroid dienone is 3. The van der Waals surface area contributed by atoms with Crippen LogP contribution in [0.2, 0.25) is 0 Å². The first-order valence-corrected chi connectivity index (χ1v) is 4.21. The Hall–Kier alpha value is -0.590. The molecule has 0 unspecified atom stereocenters. The molecule has 1 heteroatoms. The normalized spacial score (nSPS) is 19.5. The van der Waals surface area contributed by atoms with Gasteiger partial charge in [0.1, 0.15) is 5.83 Å². The van der Waals surface area contributed by atoms with Gasteiger partial charge < -0.3 is 0 Å². The number of hydrogen-bond acceptors (Lipinski definition) is 0. The standard InChI is InChI=1S/C10H15F/c1-4-7(2)10(11)8(3)9-5-6-9/h9H,3-6H2,1-2H3/b10-7+. The van der Waals surface area contributed by atoms with Gasteiger partial charge in [0.25, 0.3) is 0 Å². The number of rotatable bonds is 3. The predicted molar refractivity (Wildman–Crippen MR) is 46.0 cm³/mol. The maximum Gasteiger partial charge on any atom is 0.124 e. The van der Waals surface area contributed by atoms with E-state index in [1.54, 1.807) is 0 Å². The minimum Gasteiger partial charge on any atom is -0.207 e. The molecule has 62 valence electrons. The van der Waals surface area contributed by atoms with E-state index in [2.05, 4.69) is 6.58 Å². The molecule has 0 amide bonds. The highest BCUT2D eigenvalue weighted by Crippen LogP contribution is 2.40. The molecule has 0 saturated heterocycles. The first-order chi connectivity index (χ1) is 5.16. The van der Waals surface area contributed by atoms with Crippen molar-refractivity contribution in [1.82, 2.24) is 0 Å². The van der Waals surface area contributed by atoms with E-state index in [4.69, 9.17) is 0 Å². The number of halogens is 1. The van der Waals surface area contributed by atoms with E-state index in [0.717, 1.165) is 30.4 Å². The predicted octanol–water partition coefficient (Wildman–Crippen LogP) is 3.61. The fourth-order valence-corrected chi connectivity index (χ4v) is 1.04. The summed E-state index contributed by atoms with van der Waals surface area (Å²) in [5.41, 5.74) is 1.56. The molecule has 0 heterocycles. The zero-order chi connectivity index (χ0) is 8.43. The lowest BCUT2D eigenvalue weighted by Gasteiger charge is -2.03. The Morgan fingerprint density at radius 1 is 1.55 bits per heavy atom. The molecule has 1 aliphatic rings. The van der Waals surface area contributed by atoms with Gasteiger partial charge in [-0.15, -0.1) is 0 Å². The van der Waals surface area contributed by atoms with Crippen molar-refractivity contribution in [1.29, 1.82) is 0 Å². The van der Waals surface area contributed by atoms with E-state index < -0.39 is 0 Å². The van der Waals surface area contributed by atoms with Crippen LogP contribution in [0.1, 0.15) is 33.1 Å². The molecule has 0 radical (unpaired) electrons. The van der Waals surface area contributed by atoms with E-state index in [0.29, 0.717) is 5.92 Å². The molecule has 1 rings (SSSR count). The summed E-state index contributed by atoms with van der Waals surface area (Å²) in [4.78, 5) is 0. The lowest BCUT2D eigenvalue weighted by atomic mass is 10.1. The van der Waals surface area contributed by atoms with Crippen molar-refractivity contribution in [2.45, 2.75) is 33.1 Å². The van der Waals surface area contributed by atoms with Crippen LogP contribution in [0.25, 0.3) is 0 Å². The molecule has 0 aromatic rings. The first-order valence-electron chi connectivity index (χ1n) is 4.21. The number of hydrogen-bond donors (Lipinski definition) is 0. The van der Waals surface area contributed by atoms with Crippen molar-refractivity contribution in [2.24, 2.45) is 5.92 Å². The molecule has 0 N–H and O–H groups in total. The largest absolute Gasteiger partial charge is 0.207 e. The zero-order valence-electron chi connectivity index (χ0n) is 7.28. The summed E-state index contributed by atoms with van der Waals surface area (Å²) < 4.78 is 13.3. The van der Waals surface area contributed by atoms with Gasteiger partial charge in [0, 0.05) is 0 Å². The van der Waals surface area contributed by atoms with Gasteiger partial charge >= 0.3 is 0 Å². The van der Waals surface area contributed by atoms with Crippen LogP contribution in [-0.4, -0.2) is 0 Å². The summed E-state index contributed by atoms with van der Waals surface area (Å²) in [6, 6.07) is 0. The molecule has 0 nitrogen and oxygen atoms in total. The average Bonchev–Trinajstić information content (AvgIpc) is 2.82. The topological polar surface area (TPSA) is 0 Å². The van der Waals surface area contributed by atoms with Gasteiger partial charge in [-0.25, -0.2) is 4.39 Å². The van der Waals surface area contributed by atoms with Crippen LogP contribution in [-0.2, 0) is 0 Å². The third kappa shape index (κ3) is 1.92. The SMILES string of the molecule is C=C(/C(F)=C(/C)CC)C1CC1. The van der Waals surface area contributed by atoms with E-state index in [9.17, 15) is 4.39 Å². The van der Waals surface area contributed by atoms with Crippen LogP contribution < -0.4 is 0 Å². The van der Waals surface area contributed by atoms with Crippen molar-refractivity contribution in [3.8, 4) is 0 Å². The van der Waals surface area contributed by atoms with Crippen LogP contribution in [0.5, 0.6) is 0 Å². The lowest BCUT2D eigenvalue weighted by Crippen LogP contribution is -1.88. The van der Waals surface area contributed by atoms with Crippen LogP contribution in [0.4, 0.5) is 4.39 Å². The minimum absolute atomic E-state index is 0.0463. The Balaban J connectivity index is 2.64. The summed E-state index contributed by atoms with van der Waals surface area (Å²) in [6.07, 6.45) is 3.05.